The van der Waals surface area contributed by atoms with Gasteiger partial charge < -0.3 is 5.32 Å². The van der Waals surface area contributed by atoms with E-state index in [1.807, 2.05) is 18.2 Å². The predicted molar refractivity (Wildman–Crippen MR) is 74.1 cm³/mol. The van der Waals surface area contributed by atoms with Gasteiger partial charge in [0.15, 0.2) is 5.82 Å². The fraction of sp³-hybridized carbons (Fsp3) is 0.400. The Balaban J connectivity index is 1.78. The van der Waals surface area contributed by atoms with Gasteiger partial charge in [-0.05, 0) is 23.1 Å². The van der Waals surface area contributed by atoms with Gasteiger partial charge in [0.2, 0.25) is 5.91 Å². The van der Waals surface area contributed by atoms with E-state index in [1.54, 1.807) is 6.92 Å². The van der Waals surface area contributed by atoms with Gasteiger partial charge in [-0.25, -0.2) is 4.63 Å². The first-order chi connectivity index (χ1) is 9.51. The summed E-state index contributed by atoms with van der Waals surface area (Å²) in [6, 6.07) is 10.1. The van der Waals surface area contributed by atoms with Crippen LogP contribution in [-0.4, -0.2) is 16.2 Å². The molecule has 1 heterocycles. The molecule has 5 nitrogen and oxygen atoms in total. The highest BCUT2D eigenvalue weighted by molar-refractivity contribution is 5.95. The van der Waals surface area contributed by atoms with Gasteiger partial charge in [0, 0.05) is 5.92 Å². The minimum atomic E-state index is -0.0546. The number of rotatable bonds is 3. The minimum absolute atomic E-state index is 0.0253. The number of anilines is 1. The fourth-order valence-electron chi connectivity index (χ4n) is 2.95. The van der Waals surface area contributed by atoms with E-state index >= 15 is 0 Å². The topological polar surface area (TPSA) is 68.0 Å². The van der Waals surface area contributed by atoms with Crippen molar-refractivity contribution < 1.29 is 9.42 Å². The molecule has 1 fully saturated rings. The van der Waals surface area contributed by atoms with Crippen LogP contribution in [0.25, 0.3) is 0 Å². The van der Waals surface area contributed by atoms with Crippen LogP contribution in [-0.2, 0) is 4.79 Å². The van der Waals surface area contributed by atoms with E-state index in [2.05, 4.69) is 46.2 Å². The molecule has 0 spiro atoms. The summed E-state index contributed by atoms with van der Waals surface area (Å²) in [5, 5.41) is 10.2. The Hall–Kier alpha value is -2.17. The van der Waals surface area contributed by atoms with Crippen molar-refractivity contribution >= 4 is 11.7 Å². The molecule has 0 unspecified atom stereocenters. The second-order valence-electron chi connectivity index (χ2n) is 5.87. The van der Waals surface area contributed by atoms with Gasteiger partial charge in [0.1, 0.15) is 5.69 Å². The standard InChI is InChI=1S/C15H17N3O2/c1-9-13(18-20-17-9)16-14(19)12-11(15(12,2)3)10-7-5-4-6-8-10/h4-8,11-12H,1-3H3,(H,16,18,19)/t11-,12+/m1/s1. The van der Waals surface area contributed by atoms with Gasteiger partial charge in [-0.15, -0.1) is 0 Å². The van der Waals surface area contributed by atoms with Gasteiger partial charge in [0.25, 0.3) is 0 Å². The summed E-state index contributed by atoms with van der Waals surface area (Å²) in [5.74, 6) is 0.567. The summed E-state index contributed by atoms with van der Waals surface area (Å²) in [6.07, 6.45) is 0. The SMILES string of the molecule is Cc1nonc1NC(=O)[C@@H]1[C@@H](c2ccccc2)C1(C)C. The Bertz CT molecular complexity index is 634. The van der Waals surface area contributed by atoms with Crippen LogP contribution in [0.1, 0.15) is 31.0 Å². The Morgan fingerprint density at radius 2 is 1.95 bits per heavy atom. The quantitative estimate of drug-likeness (QED) is 0.932. The lowest BCUT2D eigenvalue weighted by atomic mass is 10.0. The van der Waals surface area contributed by atoms with Gasteiger partial charge in [-0.1, -0.05) is 49.3 Å². The van der Waals surface area contributed by atoms with Crippen LogP contribution >= 0.6 is 0 Å². The molecule has 0 saturated heterocycles. The summed E-state index contributed by atoms with van der Waals surface area (Å²) >= 11 is 0. The highest BCUT2D eigenvalue weighted by Crippen LogP contribution is 2.64. The molecule has 20 heavy (non-hydrogen) atoms. The van der Waals surface area contributed by atoms with Crippen molar-refractivity contribution in [1.29, 1.82) is 0 Å². The first-order valence-corrected chi connectivity index (χ1v) is 6.67. The van der Waals surface area contributed by atoms with E-state index in [9.17, 15) is 4.79 Å². The average molecular weight is 271 g/mol. The van der Waals surface area contributed by atoms with E-state index in [-0.39, 0.29) is 23.2 Å². The molecular weight excluding hydrogens is 254 g/mol. The van der Waals surface area contributed by atoms with Crippen LogP contribution in [0.4, 0.5) is 5.82 Å². The normalized spacial score (nSPS) is 23.4. The average Bonchev–Trinajstić information content (AvgIpc) is 2.78. The molecule has 1 aliphatic carbocycles. The van der Waals surface area contributed by atoms with Crippen molar-refractivity contribution in [3.8, 4) is 0 Å². The lowest BCUT2D eigenvalue weighted by molar-refractivity contribution is -0.118. The van der Waals surface area contributed by atoms with E-state index in [0.29, 0.717) is 11.5 Å². The van der Waals surface area contributed by atoms with Crippen LogP contribution in [0.2, 0.25) is 0 Å². The summed E-state index contributed by atoms with van der Waals surface area (Å²) in [4.78, 5) is 12.4. The maximum Gasteiger partial charge on any atom is 0.229 e. The Morgan fingerprint density at radius 3 is 2.55 bits per heavy atom. The second-order valence-corrected chi connectivity index (χ2v) is 5.87. The molecule has 104 valence electrons. The summed E-state index contributed by atoms with van der Waals surface area (Å²) in [6.45, 7) is 5.98. The first kappa shape index (κ1) is 12.8. The van der Waals surface area contributed by atoms with Gasteiger partial charge in [-0.2, -0.15) is 0 Å². The molecule has 1 aromatic carbocycles. The molecule has 2 aromatic rings. The molecule has 1 N–H and O–H groups in total. The largest absolute Gasteiger partial charge is 0.306 e. The van der Waals surface area contributed by atoms with Crippen LogP contribution in [0.5, 0.6) is 0 Å². The molecule has 1 aliphatic rings. The smallest absolute Gasteiger partial charge is 0.229 e. The number of amides is 1. The number of carbonyl (C=O) groups excluding carboxylic acids is 1. The zero-order valence-corrected chi connectivity index (χ0v) is 11.8. The third-order valence-corrected chi connectivity index (χ3v) is 4.16. The van der Waals surface area contributed by atoms with Crippen molar-refractivity contribution in [1.82, 2.24) is 10.3 Å². The van der Waals surface area contributed by atoms with E-state index < -0.39 is 0 Å². The predicted octanol–water partition coefficient (Wildman–Crippen LogP) is 2.76. The minimum Gasteiger partial charge on any atom is -0.306 e. The van der Waals surface area contributed by atoms with Gasteiger partial charge >= 0.3 is 0 Å². The molecule has 2 atom stereocenters. The maximum absolute atomic E-state index is 12.4. The van der Waals surface area contributed by atoms with Gasteiger partial charge in [-0.3, -0.25) is 4.79 Å². The second kappa shape index (κ2) is 4.44. The van der Waals surface area contributed by atoms with Crippen molar-refractivity contribution in [3.05, 3.63) is 41.6 Å². The number of benzene rings is 1. The number of nitrogens with zero attached hydrogens (tertiary/aromatic N) is 2. The number of nitrogens with one attached hydrogen (secondary N) is 1. The molecule has 1 aromatic heterocycles. The lowest BCUT2D eigenvalue weighted by Gasteiger charge is -2.02. The summed E-state index contributed by atoms with van der Waals surface area (Å²) in [7, 11) is 0. The van der Waals surface area contributed by atoms with Crippen molar-refractivity contribution in [2.75, 3.05) is 5.32 Å². The van der Waals surface area contributed by atoms with Crippen molar-refractivity contribution in [2.45, 2.75) is 26.7 Å². The van der Waals surface area contributed by atoms with Crippen LogP contribution in [0.3, 0.4) is 0 Å². The molecule has 1 amide bonds. The highest BCUT2D eigenvalue weighted by Gasteiger charge is 2.62. The molecule has 0 aliphatic heterocycles. The van der Waals surface area contributed by atoms with Gasteiger partial charge in [0.05, 0.1) is 5.92 Å². The van der Waals surface area contributed by atoms with E-state index in [4.69, 9.17) is 0 Å². The zero-order valence-electron chi connectivity index (χ0n) is 11.8. The first-order valence-electron chi connectivity index (χ1n) is 6.67. The molecule has 0 bridgehead atoms. The number of hydrogen-bond donors (Lipinski definition) is 1. The Morgan fingerprint density at radius 1 is 1.25 bits per heavy atom. The molecule has 5 heteroatoms. The fourth-order valence-corrected chi connectivity index (χ4v) is 2.95. The van der Waals surface area contributed by atoms with Crippen molar-refractivity contribution in [3.63, 3.8) is 0 Å². The molecular formula is C15H17N3O2. The number of aromatic nitrogens is 2. The molecule has 3 rings (SSSR count). The third kappa shape index (κ3) is 1.99. The zero-order chi connectivity index (χ0) is 14.3. The number of hydrogen-bond acceptors (Lipinski definition) is 4. The Kier molecular flexibility index (Phi) is 2.85. The van der Waals surface area contributed by atoms with Crippen molar-refractivity contribution in [2.24, 2.45) is 11.3 Å². The number of aryl methyl sites for hydroxylation is 1. The van der Waals surface area contributed by atoms with Crippen LogP contribution in [0.15, 0.2) is 35.0 Å². The summed E-state index contributed by atoms with van der Waals surface area (Å²) < 4.78 is 4.60. The third-order valence-electron chi connectivity index (χ3n) is 4.16. The molecule has 1 saturated carbocycles. The van der Waals surface area contributed by atoms with E-state index in [0.717, 1.165) is 0 Å². The highest BCUT2D eigenvalue weighted by atomic mass is 16.6. The Labute approximate surface area is 117 Å². The van der Waals surface area contributed by atoms with Crippen LogP contribution < -0.4 is 5.32 Å². The monoisotopic (exact) mass is 271 g/mol. The number of carbonyl (C=O) groups is 1. The molecule has 0 radical (unpaired) electrons. The lowest BCUT2D eigenvalue weighted by Crippen LogP contribution is -2.17. The van der Waals surface area contributed by atoms with Crippen LogP contribution in [0, 0.1) is 18.3 Å². The summed E-state index contributed by atoms with van der Waals surface area (Å²) in [5.41, 5.74) is 1.75. The maximum atomic E-state index is 12.4. The van der Waals surface area contributed by atoms with E-state index in [1.165, 1.54) is 5.56 Å².